The van der Waals surface area contributed by atoms with Crippen LogP contribution < -0.4 is 5.32 Å². The van der Waals surface area contributed by atoms with Gasteiger partial charge in [0.05, 0.1) is 5.92 Å². The monoisotopic (exact) mass is 438 g/mol. The van der Waals surface area contributed by atoms with Crippen molar-refractivity contribution in [1.82, 2.24) is 10.2 Å². The molecule has 1 aliphatic carbocycles. The summed E-state index contributed by atoms with van der Waals surface area (Å²) in [7, 11) is 0. The number of carbonyl (C=O) groups is 3. The summed E-state index contributed by atoms with van der Waals surface area (Å²) in [5.41, 5.74) is 4.52. The Hall–Kier alpha value is -3.35. The first-order valence-corrected chi connectivity index (χ1v) is 11.0. The van der Waals surface area contributed by atoms with Gasteiger partial charge >= 0.3 is 12.1 Å². The molecule has 2 aromatic rings. The van der Waals surface area contributed by atoms with Gasteiger partial charge in [-0.15, -0.1) is 0 Å². The Morgan fingerprint density at radius 1 is 1.03 bits per heavy atom. The fourth-order valence-electron chi connectivity index (χ4n) is 4.12. The molecule has 2 aromatic carbocycles. The molecule has 170 valence electrons. The van der Waals surface area contributed by atoms with Crippen molar-refractivity contribution in [3.8, 4) is 11.1 Å². The molecule has 7 nitrogen and oxygen atoms in total. The van der Waals surface area contributed by atoms with E-state index in [0.717, 1.165) is 22.3 Å². The lowest BCUT2D eigenvalue weighted by Crippen LogP contribution is -2.50. The zero-order chi connectivity index (χ0) is 23.3. The van der Waals surface area contributed by atoms with Crippen molar-refractivity contribution in [3.05, 3.63) is 59.7 Å². The van der Waals surface area contributed by atoms with Crippen molar-refractivity contribution < 1.29 is 24.2 Å². The van der Waals surface area contributed by atoms with E-state index in [4.69, 9.17) is 9.84 Å². The lowest BCUT2D eigenvalue weighted by molar-refractivity contribution is -0.143. The highest BCUT2D eigenvalue weighted by atomic mass is 16.5. The maximum absolute atomic E-state index is 12.8. The second-order valence-corrected chi connectivity index (χ2v) is 8.05. The van der Waals surface area contributed by atoms with Gasteiger partial charge < -0.3 is 20.1 Å². The number of benzene rings is 2. The third-order valence-corrected chi connectivity index (χ3v) is 5.95. The lowest BCUT2D eigenvalue weighted by Gasteiger charge is -2.27. The van der Waals surface area contributed by atoms with Crippen LogP contribution in [-0.4, -0.2) is 53.7 Å². The molecule has 0 heterocycles. The van der Waals surface area contributed by atoms with E-state index >= 15 is 0 Å². The van der Waals surface area contributed by atoms with Crippen LogP contribution in [0.2, 0.25) is 0 Å². The standard InChI is InChI=1S/C25H30N2O5/c1-4-22(23(28)27(5-2)14-16(3)24(29)30)26-25(31)32-15-21-19-12-8-6-10-17(19)18-11-7-9-13-20(18)21/h6-13,16,21-22H,4-5,14-15H2,1-3H3,(H,26,31)(H,29,30). The minimum absolute atomic E-state index is 0.0625. The second-order valence-electron chi connectivity index (χ2n) is 8.05. The molecule has 0 bridgehead atoms. The van der Waals surface area contributed by atoms with Crippen molar-refractivity contribution in [1.29, 1.82) is 0 Å². The molecule has 7 heteroatoms. The van der Waals surface area contributed by atoms with Gasteiger partial charge in [-0.05, 0) is 35.6 Å². The third-order valence-electron chi connectivity index (χ3n) is 5.95. The summed E-state index contributed by atoms with van der Waals surface area (Å²) in [4.78, 5) is 38.0. The average molecular weight is 439 g/mol. The zero-order valence-electron chi connectivity index (χ0n) is 18.7. The Morgan fingerprint density at radius 2 is 1.59 bits per heavy atom. The van der Waals surface area contributed by atoms with Crippen molar-refractivity contribution in [2.24, 2.45) is 5.92 Å². The number of carboxylic acids is 1. The first-order valence-electron chi connectivity index (χ1n) is 11.0. The van der Waals surface area contributed by atoms with Crippen LogP contribution in [0.3, 0.4) is 0 Å². The predicted octanol–water partition coefficient (Wildman–Crippen LogP) is 3.87. The number of hydrogen-bond donors (Lipinski definition) is 2. The number of aliphatic carboxylic acids is 1. The molecule has 0 saturated carbocycles. The Balaban J connectivity index is 1.64. The summed E-state index contributed by atoms with van der Waals surface area (Å²) in [5, 5.41) is 11.8. The maximum Gasteiger partial charge on any atom is 0.407 e. The van der Waals surface area contributed by atoms with Crippen molar-refractivity contribution in [2.45, 2.75) is 39.2 Å². The summed E-state index contributed by atoms with van der Waals surface area (Å²) in [6, 6.07) is 15.4. The number of likely N-dealkylation sites (N-methyl/N-ethyl adjacent to an activating group) is 1. The van der Waals surface area contributed by atoms with E-state index < -0.39 is 24.0 Å². The molecule has 2 atom stereocenters. The summed E-state index contributed by atoms with van der Waals surface area (Å²) in [6.45, 7) is 5.75. The fraction of sp³-hybridized carbons (Fsp3) is 0.400. The number of hydrogen-bond acceptors (Lipinski definition) is 4. The number of fused-ring (bicyclic) bond motifs is 3. The fourth-order valence-corrected chi connectivity index (χ4v) is 4.12. The highest BCUT2D eigenvalue weighted by Crippen LogP contribution is 2.44. The van der Waals surface area contributed by atoms with Crippen LogP contribution in [-0.2, 0) is 14.3 Å². The lowest BCUT2D eigenvalue weighted by atomic mass is 9.98. The van der Waals surface area contributed by atoms with E-state index in [-0.39, 0.29) is 25.0 Å². The van der Waals surface area contributed by atoms with E-state index in [1.807, 2.05) is 36.4 Å². The molecular weight excluding hydrogens is 408 g/mol. The Morgan fingerprint density at radius 3 is 2.09 bits per heavy atom. The van der Waals surface area contributed by atoms with Crippen LogP contribution in [0, 0.1) is 5.92 Å². The first-order chi connectivity index (χ1) is 15.4. The van der Waals surface area contributed by atoms with Gasteiger partial charge in [0.25, 0.3) is 0 Å². The van der Waals surface area contributed by atoms with E-state index in [1.54, 1.807) is 20.8 Å². The Bertz CT molecular complexity index is 944. The number of carboxylic acid groups (broad SMARTS) is 1. The van der Waals surface area contributed by atoms with Gasteiger partial charge in [0.1, 0.15) is 12.6 Å². The van der Waals surface area contributed by atoms with Crippen LogP contribution in [0.1, 0.15) is 44.2 Å². The number of amides is 2. The summed E-state index contributed by atoms with van der Waals surface area (Å²) in [6.07, 6.45) is -0.282. The number of nitrogens with one attached hydrogen (secondary N) is 1. The van der Waals surface area contributed by atoms with E-state index in [2.05, 4.69) is 17.4 Å². The van der Waals surface area contributed by atoms with Crippen molar-refractivity contribution in [3.63, 3.8) is 0 Å². The van der Waals surface area contributed by atoms with Crippen LogP contribution in [0.5, 0.6) is 0 Å². The smallest absolute Gasteiger partial charge is 0.407 e. The molecule has 0 spiro atoms. The number of ether oxygens (including phenoxy) is 1. The van der Waals surface area contributed by atoms with Crippen molar-refractivity contribution >= 4 is 18.0 Å². The summed E-state index contributed by atoms with van der Waals surface area (Å²) < 4.78 is 5.54. The highest BCUT2D eigenvalue weighted by molar-refractivity contribution is 5.86. The molecule has 2 N–H and O–H groups in total. The molecule has 0 aromatic heterocycles. The summed E-state index contributed by atoms with van der Waals surface area (Å²) in [5.74, 6) is -2.02. The SMILES string of the molecule is CCC(NC(=O)OCC1c2ccccc2-c2ccccc21)C(=O)N(CC)CC(C)C(=O)O. The Kier molecular flexibility index (Phi) is 7.51. The normalized spacial score (nSPS) is 14.1. The third kappa shape index (κ3) is 4.93. The number of alkyl carbamates (subject to hydrolysis) is 1. The molecule has 0 fully saturated rings. The first kappa shape index (κ1) is 23.3. The van der Waals surface area contributed by atoms with Crippen LogP contribution >= 0.6 is 0 Å². The molecule has 2 unspecified atom stereocenters. The Labute approximate surface area is 188 Å². The zero-order valence-corrected chi connectivity index (χ0v) is 18.7. The van der Waals surface area contributed by atoms with E-state index in [9.17, 15) is 14.4 Å². The second kappa shape index (κ2) is 10.3. The van der Waals surface area contributed by atoms with Crippen molar-refractivity contribution in [2.75, 3.05) is 19.7 Å². The number of nitrogens with zero attached hydrogens (tertiary/aromatic N) is 1. The molecule has 32 heavy (non-hydrogen) atoms. The number of rotatable bonds is 9. The van der Waals surface area contributed by atoms with Crippen LogP contribution in [0.25, 0.3) is 11.1 Å². The molecule has 0 saturated heterocycles. The molecular formula is C25H30N2O5. The van der Waals surface area contributed by atoms with Crippen LogP contribution in [0.15, 0.2) is 48.5 Å². The van der Waals surface area contributed by atoms with E-state index in [0.29, 0.717) is 13.0 Å². The quantitative estimate of drug-likeness (QED) is 0.620. The molecule has 3 rings (SSSR count). The van der Waals surface area contributed by atoms with Gasteiger partial charge in [-0.3, -0.25) is 9.59 Å². The largest absolute Gasteiger partial charge is 0.481 e. The van der Waals surface area contributed by atoms with E-state index in [1.165, 1.54) is 4.90 Å². The van der Waals surface area contributed by atoms with Gasteiger partial charge in [-0.25, -0.2) is 4.79 Å². The minimum atomic E-state index is -0.964. The van der Waals surface area contributed by atoms with Crippen LogP contribution in [0.4, 0.5) is 4.79 Å². The topological polar surface area (TPSA) is 95.9 Å². The number of carbonyl (C=O) groups excluding carboxylic acids is 2. The molecule has 0 radical (unpaired) electrons. The minimum Gasteiger partial charge on any atom is -0.481 e. The van der Waals surface area contributed by atoms with Gasteiger partial charge in [-0.2, -0.15) is 0 Å². The van der Waals surface area contributed by atoms with Gasteiger partial charge in [0, 0.05) is 19.0 Å². The highest BCUT2D eigenvalue weighted by Gasteiger charge is 2.30. The molecule has 0 aliphatic heterocycles. The summed E-state index contributed by atoms with van der Waals surface area (Å²) >= 11 is 0. The molecule has 2 amide bonds. The van der Waals surface area contributed by atoms with Gasteiger partial charge in [0.2, 0.25) is 5.91 Å². The van der Waals surface area contributed by atoms with Gasteiger partial charge in [-0.1, -0.05) is 62.4 Å². The maximum atomic E-state index is 12.8. The average Bonchev–Trinajstić information content (AvgIpc) is 3.12. The molecule has 1 aliphatic rings. The predicted molar refractivity (Wildman–Crippen MR) is 121 cm³/mol. The van der Waals surface area contributed by atoms with Gasteiger partial charge in [0.15, 0.2) is 0 Å².